The molecule has 0 saturated carbocycles. The molecule has 0 spiro atoms. The first kappa shape index (κ1) is 13.3. The summed E-state index contributed by atoms with van der Waals surface area (Å²) in [5.41, 5.74) is -1.64. The molecule has 0 heterocycles. The SMILES string of the molecule is CCOC(=O)c1ccc(C=O)c(C#N)c1[N+](=O)[O-]. The maximum Gasteiger partial charge on any atom is 0.345 e. The summed E-state index contributed by atoms with van der Waals surface area (Å²) in [4.78, 5) is 32.2. The number of benzene rings is 1. The third-order valence-corrected chi connectivity index (χ3v) is 2.13. The molecule has 0 fully saturated rings. The highest BCUT2D eigenvalue weighted by Gasteiger charge is 2.27. The van der Waals surface area contributed by atoms with E-state index in [0.29, 0.717) is 6.29 Å². The van der Waals surface area contributed by atoms with Crippen LogP contribution in [-0.2, 0) is 4.74 Å². The Bertz CT molecular complexity index is 559. The maximum absolute atomic E-state index is 11.5. The summed E-state index contributed by atoms with van der Waals surface area (Å²) in [6.07, 6.45) is 0.320. The minimum atomic E-state index is -0.904. The van der Waals surface area contributed by atoms with E-state index in [0.717, 1.165) is 6.07 Å². The van der Waals surface area contributed by atoms with E-state index in [1.165, 1.54) is 6.07 Å². The first-order chi connectivity index (χ1) is 8.56. The normalized spacial score (nSPS) is 9.33. The molecular weight excluding hydrogens is 240 g/mol. The molecule has 0 saturated heterocycles. The van der Waals surface area contributed by atoms with Gasteiger partial charge in [0.1, 0.15) is 17.2 Å². The van der Waals surface area contributed by atoms with Crippen LogP contribution in [0, 0.1) is 21.4 Å². The molecule has 18 heavy (non-hydrogen) atoms. The Kier molecular flexibility index (Phi) is 4.10. The fourth-order valence-corrected chi connectivity index (χ4v) is 1.39. The van der Waals surface area contributed by atoms with Crippen LogP contribution in [0.3, 0.4) is 0 Å². The van der Waals surface area contributed by atoms with Gasteiger partial charge in [0, 0.05) is 5.56 Å². The summed E-state index contributed by atoms with van der Waals surface area (Å²) in [5.74, 6) is -0.904. The number of hydrogen-bond acceptors (Lipinski definition) is 6. The number of nitro benzene ring substituents is 1. The summed E-state index contributed by atoms with van der Waals surface area (Å²) in [7, 11) is 0. The van der Waals surface area contributed by atoms with Gasteiger partial charge in [-0.1, -0.05) is 0 Å². The molecule has 0 N–H and O–H groups in total. The number of rotatable bonds is 4. The Balaban J connectivity index is 3.55. The Morgan fingerprint density at radius 1 is 1.61 bits per heavy atom. The highest BCUT2D eigenvalue weighted by Crippen LogP contribution is 2.26. The zero-order chi connectivity index (χ0) is 13.7. The topological polar surface area (TPSA) is 110 Å². The molecule has 1 rings (SSSR count). The molecule has 0 unspecified atom stereocenters. The number of ether oxygens (including phenoxy) is 1. The van der Waals surface area contributed by atoms with Crippen LogP contribution in [0.15, 0.2) is 12.1 Å². The van der Waals surface area contributed by atoms with Crippen LogP contribution < -0.4 is 0 Å². The lowest BCUT2D eigenvalue weighted by Gasteiger charge is -2.05. The molecule has 1 aromatic rings. The lowest BCUT2D eigenvalue weighted by Crippen LogP contribution is -2.10. The van der Waals surface area contributed by atoms with Crippen molar-refractivity contribution in [3.8, 4) is 6.07 Å². The zero-order valence-corrected chi connectivity index (χ0v) is 9.37. The maximum atomic E-state index is 11.5. The Morgan fingerprint density at radius 2 is 2.28 bits per heavy atom. The summed E-state index contributed by atoms with van der Waals surface area (Å²) in [6.45, 7) is 1.60. The average molecular weight is 248 g/mol. The Morgan fingerprint density at radius 3 is 2.72 bits per heavy atom. The molecule has 92 valence electrons. The largest absolute Gasteiger partial charge is 0.462 e. The van der Waals surface area contributed by atoms with Crippen molar-refractivity contribution in [1.82, 2.24) is 0 Å². The van der Waals surface area contributed by atoms with Gasteiger partial charge in [0.25, 0.3) is 0 Å². The van der Waals surface area contributed by atoms with Crippen LogP contribution in [0.25, 0.3) is 0 Å². The van der Waals surface area contributed by atoms with Crippen molar-refractivity contribution in [2.45, 2.75) is 6.92 Å². The molecule has 0 radical (unpaired) electrons. The monoisotopic (exact) mass is 248 g/mol. The third-order valence-electron chi connectivity index (χ3n) is 2.13. The van der Waals surface area contributed by atoms with Crippen molar-refractivity contribution in [3.05, 3.63) is 38.9 Å². The lowest BCUT2D eigenvalue weighted by atomic mass is 10.0. The van der Waals surface area contributed by atoms with E-state index in [9.17, 15) is 19.7 Å². The molecule has 0 amide bonds. The molecule has 7 nitrogen and oxygen atoms in total. The molecule has 0 aliphatic heterocycles. The minimum Gasteiger partial charge on any atom is -0.462 e. The first-order valence-electron chi connectivity index (χ1n) is 4.90. The van der Waals surface area contributed by atoms with Crippen molar-refractivity contribution < 1.29 is 19.2 Å². The van der Waals surface area contributed by atoms with Crippen LogP contribution in [0.5, 0.6) is 0 Å². The molecule has 0 aliphatic rings. The predicted molar refractivity (Wildman–Crippen MR) is 59.2 cm³/mol. The molecular formula is C11H8N2O5. The third kappa shape index (κ3) is 2.32. The van der Waals surface area contributed by atoms with Gasteiger partial charge in [-0.05, 0) is 19.1 Å². The first-order valence-corrected chi connectivity index (χ1v) is 4.90. The second-order valence-corrected chi connectivity index (χ2v) is 3.13. The molecule has 0 bridgehead atoms. The predicted octanol–water partition coefficient (Wildman–Crippen LogP) is 1.46. The van der Waals surface area contributed by atoms with E-state index in [2.05, 4.69) is 4.74 Å². The van der Waals surface area contributed by atoms with Crippen LogP contribution in [0.2, 0.25) is 0 Å². The number of nitriles is 1. The molecule has 7 heteroatoms. The molecule has 1 aromatic carbocycles. The Hall–Kier alpha value is -2.75. The van der Waals surface area contributed by atoms with Crippen molar-refractivity contribution >= 4 is 17.9 Å². The van der Waals surface area contributed by atoms with Gasteiger partial charge in [0.05, 0.1) is 11.5 Å². The van der Waals surface area contributed by atoms with Crippen LogP contribution in [0.4, 0.5) is 5.69 Å². The summed E-state index contributed by atoms with van der Waals surface area (Å²) in [5, 5.41) is 19.8. The highest BCUT2D eigenvalue weighted by atomic mass is 16.6. The second kappa shape index (κ2) is 5.54. The van der Waals surface area contributed by atoms with Gasteiger partial charge in [-0.15, -0.1) is 0 Å². The molecule has 0 aliphatic carbocycles. The van der Waals surface area contributed by atoms with E-state index in [-0.39, 0.29) is 17.7 Å². The van der Waals surface area contributed by atoms with Gasteiger partial charge in [-0.25, -0.2) is 4.79 Å². The van der Waals surface area contributed by atoms with Crippen molar-refractivity contribution in [3.63, 3.8) is 0 Å². The quantitative estimate of drug-likeness (QED) is 0.345. The van der Waals surface area contributed by atoms with Gasteiger partial charge >= 0.3 is 11.7 Å². The van der Waals surface area contributed by atoms with Gasteiger partial charge in [0.15, 0.2) is 6.29 Å². The van der Waals surface area contributed by atoms with E-state index >= 15 is 0 Å². The van der Waals surface area contributed by atoms with Gasteiger partial charge in [0.2, 0.25) is 0 Å². The van der Waals surface area contributed by atoms with E-state index in [4.69, 9.17) is 5.26 Å². The standard InChI is InChI=1S/C11H8N2O5/c1-2-18-11(15)8-4-3-7(6-14)9(5-12)10(8)13(16)17/h3-4,6H,2H2,1H3. The number of carbonyl (C=O) groups is 2. The number of nitrogens with zero attached hydrogens (tertiary/aromatic N) is 2. The number of esters is 1. The second-order valence-electron chi connectivity index (χ2n) is 3.13. The lowest BCUT2D eigenvalue weighted by molar-refractivity contribution is -0.385. The minimum absolute atomic E-state index is 0.0489. The van der Waals surface area contributed by atoms with Gasteiger partial charge < -0.3 is 4.74 Å². The fraction of sp³-hybridized carbons (Fsp3) is 0.182. The fourth-order valence-electron chi connectivity index (χ4n) is 1.39. The van der Waals surface area contributed by atoms with Crippen molar-refractivity contribution in [2.75, 3.05) is 6.61 Å². The number of carbonyl (C=O) groups excluding carboxylic acids is 2. The molecule has 0 atom stereocenters. The van der Waals surface area contributed by atoms with E-state index in [1.807, 2.05) is 0 Å². The van der Waals surface area contributed by atoms with E-state index in [1.54, 1.807) is 13.0 Å². The van der Waals surface area contributed by atoms with Gasteiger partial charge in [-0.3, -0.25) is 14.9 Å². The highest BCUT2D eigenvalue weighted by molar-refractivity contribution is 5.97. The molecule has 0 aromatic heterocycles. The summed E-state index contributed by atoms with van der Waals surface area (Å²) < 4.78 is 4.65. The zero-order valence-electron chi connectivity index (χ0n) is 9.37. The van der Waals surface area contributed by atoms with E-state index < -0.39 is 22.1 Å². The number of aldehydes is 1. The number of hydrogen-bond donors (Lipinski definition) is 0. The van der Waals surface area contributed by atoms with Crippen molar-refractivity contribution in [2.24, 2.45) is 0 Å². The smallest absolute Gasteiger partial charge is 0.345 e. The summed E-state index contributed by atoms with van der Waals surface area (Å²) >= 11 is 0. The summed E-state index contributed by atoms with van der Waals surface area (Å²) in [6, 6.07) is 3.82. The van der Waals surface area contributed by atoms with Crippen LogP contribution >= 0.6 is 0 Å². The van der Waals surface area contributed by atoms with Gasteiger partial charge in [-0.2, -0.15) is 5.26 Å². The van der Waals surface area contributed by atoms with Crippen molar-refractivity contribution in [1.29, 1.82) is 5.26 Å². The number of nitro groups is 1. The average Bonchev–Trinajstić information content (AvgIpc) is 2.36. The van der Waals surface area contributed by atoms with Crippen LogP contribution in [-0.4, -0.2) is 23.8 Å². The Labute approximate surface area is 102 Å². The van der Waals surface area contributed by atoms with Crippen LogP contribution in [0.1, 0.15) is 33.2 Å².